The Morgan fingerprint density at radius 2 is 1.63 bits per heavy atom. The molecule has 0 aliphatic carbocycles. The molecule has 0 fully saturated rings. The van der Waals surface area contributed by atoms with Gasteiger partial charge in [0.25, 0.3) is 10.0 Å². The lowest BCUT2D eigenvalue weighted by molar-refractivity contribution is 0.410. The number of rotatable bonds is 4. The summed E-state index contributed by atoms with van der Waals surface area (Å²) in [6.07, 6.45) is 1.16. The number of hydrogen-bond acceptors (Lipinski definition) is 3. The Kier molecular flexibility index (Phi) is 5.27. The molecule has 0 atom stereocenters. The monoisotopic (exact) mass is 543 g/mol. The van der Waals surface area contributed by atoms with Gasteiger partial charge in [0.05, 0.1) is 14.0 Å². The molecule has 0 radical (unpaired) electrons. The predicted octanol–water partition coefficient (Wildman–Crippen LogP) is 6.00. The van der Waals surface area contributed by atoms with Crippen molar-refractivity contribution in [3.8, 4) is 11.5 Å². The minimum Gasteiger partial charge on any atom is -0.451 e. The van der Waals surface area contributed by atoms with Gasteiger partial charge in [-0.1, -0.05) is 17.7 Å². The molecular formula is C21H13F3INO3S. The van der Waals surface area contributed by atoms with Crippen LogP contribution in [0.1, 0.15) is 5.56 Å². The third kappa shape index (κ3) is 3.56. The van der Waals surface area contributed by atoms with E-state index in [1.54, 1.807) is 34.7 Å². The molecular weight excluding hydrogens is 530 g/mol. The zero-order valence-electron chi connectivity index (χ0n) is 15.4. The molecule has 154 valence electrons. The van der Waals surface area contributed by atoms with Crippen LogP contribution in [-0.4, -0.2) is 12.4 Å². The SMILES string of the molecule is Cc1ccc(S(=O)(=O)n2ccc3c(F)c(Oc4ccc(F)c(I)c4)c(F)cc32)cc1. The van der Waals surface area contributed by atoms with Gasteiger partial charge in [-0.3, -0.25) is 0 Å². The lowest BCUT2D eigenvalue weighted by Crippen LogP contribution is -2.12. The van der Waals surface area contributed by atoms with E-state index in [2.05, 4.69) is 0 Å². The normalized spacial score (nSPS) is 11.8. The van der Waals surface area contributed by atoms with Crippen LogP contribution in [0.3, 0.4) is 0 Å². The Morgan fingerprint density at radius 1 is 0.933 bits per heavy atom. The van der Waals surface area contributed by atoms with Crippen LogP contribution in [0, 0.1) is 27.9 Å². The fraction of sp³-hybridized carbons (Fsp3) is 0.0476. The molecule has 4 nitrogen and oxygen atoms in total. The van der Waals surface area contributed by atoms with Crippen molar-refractivity contribution >= 4 is 43.5 Å². The first-order valence-electron chi connectivity index (χ1n) is 8.62. The number of nitrogens with zero attached hydrogens (tertiary/aromatic N) is 1. The summed E-state index contributed by atoms with van der Waals surface area (Å²) < 4.78 is 75.3. The summed E-state index contributed by atoms with van der Waals surface area (Å²) in [5.41, 5.74) is 0.715. The molecule has 4 rings (SSSR count). The van der Waals surface area contributed by atoms with E-state index in [4.69, 9.17) is 4.74 Å². The molecule has 0 aliphatic heterocycles. The van der Waals surface area contributed by atoms with Crippen molar-refractivity contribution in [1.29, 1.82) is 0 Å². The maximum atomic E-state index is 15.0. The highest BCUT2D eigenvalue weighted by Gasteiger charge is 2.24. The summed E-state index contributed by atoms with van der Waals surface area (Å²) in [6, 6.07) is 11.9. The molecule has 0 bridgehead atoms. The Bertz CT molecular complexity index is 1380. The van der Waals surface area contributed by atoms with Crippen molar-refractivity contribution < 1.29 is 26.3 Å². The summed E-state index contributed by atoms with van der Waals surface area (Å²) in [7, 11) is -4.05. The topological polar surface area (TPSA) is 48.3 Å². The lowest BCUT2D eigenvalue weighted by Gasteiger charge is -2.11. The average molecular weight is 543 g/mol. The molecule has 1 aromatic heterocycles. The highest BCUT2D eigenvalue weighted by atomic mass is 127. The summed E-state index contributed by atoms with van der Waals surface area (Å²) in [6.45, 7) is 1.82. The smallest absolute Gasteiger partial charge is 0.268 e. The number of fused-ring (bicyclic) bond motifs is 1. The number of aryl methyl sites for hydroxylation is 1. The second-order valence-corrected chi connectivity index (χ2v) is 9.52. The molecule has 0 N–H and O–H groups in total. The first kappa shape index (κ1) is 20.7. The van der Waals surface area contributed by atoms with Gasteiger partial charge in [0.15, 0.2) is 17.4 Å². The molecule has 3 aromatic carbocycles. The minimum atomic E-state index is -4.05. The van der Waals surface area contributed by atoms with Crippen LogP contribution in [0.25, 0.3) is 10.9 Å². The number of ether oxygens (including phenoxy) is 1. The fourth-order valence-corrected chi connectivity index (χ4v) is 4.78. The summed E-state index contributed by atoms with van der Waals surface area (Å²) >= 11 is 1.73. The molecule has 0 unspecified atom stereocenters. The van der Waals surface area contributed by atoms with E-state index >= 15 is 4.39 Å². The third-order valence-corrected chi connectivity index (χ3v) is 7.03. The maximum absolute atomic E-state index is 15.0. The molecule has 0 amide bonds. The van der Waals surface area contributed by atoms with E-state index < -0.39 is 33.2 Å². The number of halogens is 4. The van der Waals surface area contributed by atoms with Crippen LogP contribution in [0.15, 0.2) is 65.7 Å². The van der Waals surface area contributed by atoms with Gasteiger partial charge < -0.3 is 4.74 Å². The van der Waals surface area contributed by atoms with Crippen LogP contribution in [0.5, 0.6) is 11.5 Å². The van der Waals surface area contributed by atoms with E-state index in [-0.39, 0.29) is 25.1 Å². The van der Waals surface area contributed by atoms with E-state index in [1.807, 2.05) is 6.92 Å². The highest BCUT2D eigenvalue weighted by Crippen LogP contribution is 2.35. The van der Waals surface area contributed by atoms with Crippen LogP contribution < -0.4 is 4.74 Å². The van der Waals surface area contributed by atoms with Gasteiger partial charge in [0.2, 0.25) is 0 Å². The Morgan fingerprint density at radius 3 is 2.30 bits per heavy atom. The van der Waals surface area contributed by atoms with Gasteiger partial charge in [-0.05, 0) is 65.9 Å². The molecule has 0 saturated carbocycles. The Balaban J connectivity index is 1.81. The van der Waals surface area contributed by atoms with Crippen LogP contribution in [0.2, 0.25) is 0 Å². The van der Waals surface area contributed by atoms with Crippen molar-refractivity contribution in [2.24, 2.45) is 0 Å². The maximum Gasteiger partial charge on any atom is 0.268 e. The molecule has 9 heteroatoms. The van der Waals surface area contributed by atoms with E-state index in [0.717, 1.165) is 27.9 Å². The molecule has 1 heterocycles. The first-order chi connectivity index (χ1) is 14.2. The molecule has 0 saturated heterocycles. The third-order valence-electron chi connectivity index (χ3n) is 4.49. The fourth-order valence-electron chi connectivity index (χ4n) is 2.95. The molecule has 4 aromatic rings. The summed E-state index contributed by atoms with van der Waals surface area (Å²) in [5, 5.41) is -0.126. The zero-order chi connectivity index (χ0) is 21.6. The highest BCUT2D eigenvalue weighted by molar-refractivity contribution is 14.1. The van der Waals surface area contributed by atoms with Gasteiger partial charge in [-0.15, -0.1) is 0 Å². The molecule has 0 aliphatic rings. The van der Waals surface area contributed by atoms with Crippen molar-refractivity contribution in [1.82, 2.24) is 3.97 Å². The Hall–Kier alpha value is -2.53. The van der Waals surface area contributed by atoms with Crippen LogP contribution >= 0.6 is 22.6 Å². The standard InChI is InChI=1S/C21H13F3INO3S/c1-12-2-5-14(6-3-12)30(27,28)26-9-8-15-19(26)11-17(23)21(20(15)24)29-13-4-7-16(22)18(25)10-13/h2-11H,1H3. The quantitative estimate of drug-likeness (QED) is 0.297. The Labute approximate surface area is 184 Å². The number of benzene rings is 3. The second-order valence-electron chi connectivity index (χ2n) is 6.54. The first-order valence-corrected chi connectivity index (χ1v) is 11.1. The van der Waals surface area contributed by atoms with Gasteiger partial charge >= 0.3 is 0 Å². The average Bonchev–Trinajstić information content (AvgIpc) is 3.13. The van der Waals surface area contributed by atoms with Gasteiger partial charge in [0.1, 0.15) is 11.6 Å². The van der Waals surface area contributed by atoms with Gasteiger partial charge in [0, 0.05) is 17.6 Å². The second kappa shape index (κ2) is 7.62. The van der Waals surface area contributed by atoms with Gasteiger partial charge in [-0.25, -0.2) is 25.6 Å². The molecule has 30 heavy (non-hydrogen) atoms. The van der Waals surface area contributed by atoms with E-state index in [1.165, 1.54) is 30.3 Å². The van der Waals surface area contributed by atoms with Crippen LogP contribution in [-0.2, 0) is 10.0 Å². The minimum absolute atomic E-state index is 0.00682. The molecule has 0 spiro atoms. The van der Waals surface area contributed by atoms with Crippen molar-refractivity contribution in [3.63, 3.8) is 0 Å². The predicted molar refractivity (Wildman–Crippen MR) is 115 cm³/mol. The zero-order valence-corrected chi connectivity index (χ0v) is 18.3. The largest absolute Gasteiger partial charge is 0.451 e. The number of hydrogen-bond donors (Lipinski definition) is 0. The van der Waals surface area contributed by atoms with Crippen molar-refractivity contribution in [3.05, 3.63) is 87.4 Å². The van der Waals surface area contributed by atoms with Crippen molar-refractivity contribution in [2.75, 3.05) is 0 Å². The summed E-state index contributed by atoms with van der Waals surface area (Å²) in [4.78, 5) is -0.00682. The van der Waals surface area contributed by atoms with Crippen LogP contribution in [0.4, 0.5) is 13.2 Å². The van der Waals surface area contributed by atoms with E-state index in [0.29, 0.717) is 0 Å². The van der Waals surface area contributed by atoms with Gasteiger partial charge in [-0.2, -0.15) is 0 Å². The van der Waals surface area contributed by atoms with E-state index in [9.17, 15) is 17.2 Å². The lowest BCUT2D eigenvalue weighted by atomic mass is 10.2. The summed E-state index contributed by atoms with van der Waals surface area (Å²) in [5.74, 6) is -3.28. The van der Waals surface area contributed by atoms with Crippen molar-refractivity contribution in [2.45, 2.75) is 11.8 Å². The number of aromatic nitrogens is 1.